The molecular weight excluding hydrogens is 238 g/mol. The van der Waals surface area contributed by atoms with Gasteiger partial charge in [0.05, 0.1) is 12.8 Å². The lowest BCUT2D eigenvalue weighted by Crippen LogP contribution is -2.14. The molecule has 1 N–H and O–H groups in total. The maximum absolute atomic E-state index is 5.21. The first-order chi connectivity index (χ1) is 9.22. The summed E-state index contributed by atoms with van der Waals surface area (Å²) in [5.74, 6) is 0. The van der Waals surface area contributed by atoms with Gasteiger partial charge in [-0.25, -0.2) is 0 Å². The van der Waals surface area contributed by atoms with Crippen LogP contribution in [0.4, 0.5) is 0 Å². The Kier molecular flexibility index (Phi) is 4.71. The van der Waals surface area contributed by atoms with E-state index >= 15 is 0 Å². The SMILES string of the molecule is COCc1ccccc1CNCc1cnn(C)c1C. The molecule has 0 amide bonds. The monoisotopic (exact) mass is 259 g/mol. The Hall–Kier alpha value is -1.65. The van der Waals surface area contributed by atoms with Crippen molar-refractivity contribution in [3.05, 3.63) is 52.8 Å². The number of rotatable bonds is 6. The van der Waals surface area contributed by atoms with Crippen LogP contribution in [0.25, 0.3) is 0 Å². The van der Waals surface area contributed by atoms with E-state index in [4.69, 9.17) is 4.74 Å². The number of aromatic nitrogens is 2. The summed E-state index contributed by atoms with van der Waals surface area (Å²) in [6, 6.07) is 8.35. The van der Waals surface area contributed by atoms with E-state index in [-0.39, 0.29) is 0 Å². The summed E-state index contributed by atoms with van der Waals surface area (Å²) in [4.78, 5) is 0. The average molecular weight is 259 g/mol. The van der Waals surface area contributed by atoms with Gasteiger partial charge in [0.15, 0.2) is 0 Å². The predicted octanol–water partition coefficient (Wildman–Crippen LogP) is 2.16. The lowest BCUT2D eigenvalue weighted by atomic mass is 10.1. The zero-order valence-electron chi connectivity index (χ0n) is 11.8. The van der Waals surface area contributed by atoms with Crippen molar-refractivity contribution in [1.29, 1.82) is 0 Å². The molecule has 2 aromatic rings. The Morgan fingerprint density at radius 1 is 1.16 bits per heavy atom. The first kappa shape index (κ1) is 13.8. The van der Waals surface area contributed by atoms with E-state index in [2.05, 4.69) is 35.5 Å². The number of methoxy groups -OCH3 is 1. The standard InChI is InChI=1S/C15H21N3O/c1-12-15(10-17-18(12)2)9-16-8-13-6-4-5-7-14(13)11-19-3/h4-7,10,16H,8-9,11H2,1-3H3. The Labute approximate surface area is 114 Å². The highest BCUT2D eigenvalue weighted by Gasteiger charge is 2.04. The number of benzene rings is 1. The van der Waals surface area contributed by atoms with E-state index in [9.17, 15) is 0 Å². The fourth-order valence-electron chi connectivity index (χ4n) is 2.08. The second kappa shape index (κ2) is 6.50. The molecule has 4 heteroatoms. The van der Waals surface area contributed by atoms with Crippen molar-refractivity contribution < 1.29 is 4.74 Å². The normalized spacial score (nSPS) is 10.9. The summed E-state index contributed by atoms with van der Waals surface area (Å²) in [6.07, 6.45) is 1.92. The van der Waals surface area contributed by atoms with Crippen molar-refractivity contribution in [3.63, 3.8) is 0 Å². The molecule has 0 radical (unpaired) electrons. The van der Waals surface area contributed by atoms with Gasteiger partial charge in [-0.2, -0.15) is 5.10 Å². The third kappa shape index (κ3) is 3.43. The van der Waals surface area contributed by atoms with E-state index in [1.54, 1.807) is 7.11 Å². The second-order valence-corrected chi connectivity index (χ2v) is 4.68. The Bertz CT molecular complexity index is 534. The summed E-state index contributed by atoms with van der Waals surface area (Å²) < 4.78 is 7.11. The minimum Gasteiger partial charge on any atom is -0.380 e. The van der Waals surface area contributed by atoms with E-state index in [0.29, 0.717) is 6.61 Å². The van der Waals surface area contributed by atoms with Gasteiger partial charge in [0.2, 0.25) is 0 Å². The highest BCUT2D eigenvalue weighted by atomic mass is 16.5. The fourth-order valence-corrected chi connectivity index (χ4v) is 2.08. The Morgan fingerprint density at radius 2 is 1.84 bits per heavy atom. The van der Waals surface area contributed by atoms with E-state index in [1.165, 1.54) is 22.4 Å². The van der Waals surface area contributed by atoms with Crippen molar-refractivity contribution in [2.75, 3.05) is 7.11 Å². The largest absolute Gasteiger partial charge is 0.380 e. The highest BCUT2D eigenvalue weighted by Crippen LogP contribution is 2.10. The molecule has 0 aliphatic rings. The van der Waals surface area contributed by atoms with E-state index in [1.807, 2.05) is 24.0 Å². The van der Waals surface area contributed by atoms with Gasteiger partial charge in [-0.3, -0.25) is 4.68 Å². The number of nitrogens with zero attached hydrogens (tertiary/aromatic N) is 2. The predicted molar refractivity (Wildman–Crippen MR) is 75.6 cm³/mol. The van der Waals surface area contributed by atoms with Crippen molar-refractivity contribution in [2.24, 2.45) is 7.05 Å². The van der Waals surface area contributed by atoms with Gasteiger partial charge in [-0.15, -0.1) is 0 Å². The topological polar surface area (TPSA) is 39.1 Å². The van der Waals surface area contributed by atoms with Crippen LogP contribution in [0.2, 0.25) is 0 Å². The smallest absolute Gasteiger partial charge is 0.0716 e. The molecule has 0 aliphatic carbocycles. The first-order valence-electron chi connectivity index (χ1n) is 6.46. The summed E-state index contributed by atoms with van der Waals surface area (Å²) in [5, 5.41) is 7.71. The molecule has 0 saturated carbocycles. The number of hydrogen-bond donors (Lipinski definition) is 1. The van der Waals surface area contributed by atoms with Crippen molar-refractivity contribution in [3.8, 4) is 0 Å². The van der Waals surface area contributed by atoms with Gasteiger partial charge in [0.25, 0.3) is 0 Å². The molecular formula is C15H21N3O. The molecule has 0 bridgehead atoms. The van der Waals surface area contributed by atoms with Crippen LogP contribution in [0.3, 0.4) is 0 Å². The van der Waals surface area contributed by atoms with Crippen LogP contribution >= 0.6 is 0 Å². The zero-order valence-corrected chi connectivity index (χ0v) is 11.8. The Morgan fingerprint density at radius 3 is 2.47 bits per heavy atom. The van der Waals surface area contributed by atoms with Gasteiger partial charge in [-0.05, 0) is 18.1 Å². The van der Waals surface area contributed by atoms with Gasteiger partial charge in [0.1, 0.15) is 0 Å². The van der Waals surface area contributed by atoms with Gasteiger partial charge < -0.3 is 10.1 Å². The molecule has 1 heterocycles. The maximum atomic E-state index is 5.21. The molecule has 0 aliphatic heterocycles. The molecule has 102 valence electrons. The van der Waals surface area contributed by atoms with Crippen LogP contribution in [0.1, 0.15) is 22.4 Å². The maximum Gasteiger partial charge on any atom is 0.0716 e. The summed E-state index contributed by atoms with van der Waals surface area (Å²) >= 11 is 0. The summed E-state index contributed by atoms with van der Waals surface area (Å²) in [6.45, 7) is 4.42. The van der Waals surface area contributed by atoms with Crippen molar-refractivity contribution >= 4 is 0 Å². The van der Waals surface area contributed by atoms with E-state index < -0.39 is 0 Å². The molecule has 0 atom stereocenters. The molecule has 0 spiro atoms. The number of hydrogen-bond acceptors (Lipinski definition) is 3. The molecule has 19 heavy (non-hydrogen) atoms. The highest BCUT2D eigenvalue weighted by molar-refractivity contribution is 5.26. The van der Waals surface area contributed by atoms with Crippen LogP contribution in [0.15, 0.2) is 30.5 Å². The minimum atomic E-state index is 0.657. The fraction of sp³-hybridized carbons (Fsp3) is 0.400. The van der Waals surface area contributed by atoms with Crippen LogP contribution < -0.4 is 5.32 Å². The summed E-state index contributed by atoms with van der Waals surface area (Å²) in [7, 11) is 3.69. The van der Waals surface area contributed by atoms with Crippen LogP contribution in [-0.2, 0) is 31.5 Å². The van der Waals surface area contributed by atoms with Crippen LogP contribution in [0, 0.1) is 6.92 Å². The third-order valence-corrected chi connectivity index (χ3v) is 3.39. The molecule has 2 rings (SSSR count). The van der Waals surface area contributed by atoms with Gasteiger partial charge in [-0.1, -0.05) is 24.3 Å². The average Bonchev–Trinajstić information content (AvgIpc) is 2.73. The number of aryl methyl sites for hydroxylation is 1. The molecule has 0 saturated heterocycles. The van der Waals surface area contributed by atoms with Gasteiger partial charge >= 0.3 is 0 Å². The van der Waals surface area contributed by atoms with Crippen molar-refractivity contribution in [1.82, 2.24) is 15.1 Å². The lowest BCUT2D eigenvalue weighted by molar-refractivity contribution is 0.184. The summed E-state index contributed by atoms with van der Waals surface area (Å²) in [5.41, 5.74) is 4.97. The first-order valence-corrected chi connectivity index (χ1v) is 6.46. The molecule has 0 fully saturated rings. The Balaban J connectivity index is 1.94. The minimum absolute atomic E-state index is 0.657. The lowest BCUT2D eigenvalue weighted by Gasteiger charge is -2.10. The van der Waals surface area contributed by atoms with E-state index in [0.717, 1.165) is 13.1 Å². The number of nitrogens with one attached hydrogen (secondary N) is 1. The zero-order chi connectivity index (χ0) is 13.7. The number of ether oxygens (including phenoxy) is 1. The second-order valence-electron chi connectivity index (χ2n) is 4.68. The van der Waals surface area contributed by atoms with Crippen LogP contribution in [0.5, 0.6) is 0 Å². The molecule has 0 unspecified atom stereocenters. The van der Waals surface area contributed by atoms with Crippen LogP contribution in [-0.4, -0.2) is 16.9 Å². The third-order valence-electron chi connectivity index (χ3n) is 3.39. The molecule has 4 nitrogen and oxygen atoms in total. The quantitative estimate of drug-likeness (QED) is 0.864. The van der Waals surface area contributed by atoms with Crippen molar-refractivity contribution in [2.45, 2.75) is 26.6 Å². The molecule has 1 aromatic carbocycles. The molecule has 1 aromatic heterocycles. The van der Waals surface area contributed by atoms with Gasteiger partial charge in [0, 0.05) is 38.5 Å².